The van der Waals surface area contributed by atoms with Crippen molar-refractivity contribution in [3.05, 3.63) is 0 Å². The van der Waals surface area contributed by atoms with E-state index in [1.807, 2.05) is 0 Å². The van der Waals surface area contributed by atoms with E-state index in [1.165, 1.54) is 14.1 Å². The van der Waals surface area contributed by atoms with E-state index in [2.05, 4.69) is 0 Å². The zero-order chi connectivity index (χ0) is 11.9. The molecular formula is C7H14ClNO4S2. The molecule has 90 valence electrons. The molecule has 0 aromatic carbocycles. The van der Waals surface area contributed by atoms with Crippen molar-refractivity contribution in [3.63, 3.8) is 0 Å². The zero-order valence-corrected chi connectivity index (χ0v) is 11.0. The summed E-state index contributed by atoms with van der Waals surface area (Å²) in [5.41, 5.74) is 0. The minimum Gasteiger partial charge on any atom is -0.212 e. The van der Waals surface area contributed by atoms with Crippen molar-refractivity contribution in [2.75, 3.05) is 19.8 Å². The molecule has 0 spiro atoms. The van der Waals surface area contributed by atoms with Crippen LogP contribution in [0, 0.1) is 0 Å². The maximum Gasteiger partial charge on any atom is 0.238 e. The van der Waals surface area contributed by atoms with Crippen molar-refractivity contribution < 1.29 is 16.8 Å². The van der Waals surface area contributed by atoms with Gasteiger partial charge in [0.2, 0.25) is 19.1 Å². The van der Waals surface area contributed by atoms with Crippen LogP contribution in [0.15, 0.2) is 0 Å². The quantitative estimate of drug-likeness (QED) is 0.680. The van der Waals surface area contributed by atoms with E-state index in [-0.39, 0.29) is 12.2 Å². The second-order valence-corrected chi connectivity index (χ2v) is 9.23. The minimum absolute atomic E-state index is 0.0827. The van der Waals surface area contributed by atoms with Gasteiger partial charge in [0.25, 0.3) is 0 Å². The number of hydrogen-bond acceptors (Lipinski definition) is 4. The second-order valence-electron chi connectivity index (χ2n) is 3.97. The van der Waals surface area contributed by atoms with Crippen molar-refractivity contribution >= 4 is 29.8 Å². The van der Waals surface area contributed by atoms with E-state index >= 15 is 0 Å². The van der Waals surface area contributed by atoms with Gasteiger partial charge in [-0.2, -0.15) is 0 Å². The number of nitrogens with zero attached hydrogens (tertiary/aromatic N) is 1. The highest BCUT2D eigenvalue weighted by Gasteiger charge is 2.53. The third-order valence-electron chi connectivity index (χ3n) is 2.70. The predicted octanol–water partition coefficient (Wildman–Crippen LogP) is 0.369. The van der Waals surface area contributed by atoms with E-state index in [0.29, 0.717) is 12.8 Å². The topological polar surface area (TPSA) is 71.5 Å². The lowest BCUT2D eigenvalue weighted by molar-refractivity contribution is 0.516. The smallest absolute Gasteiger partial charge is 0.212 e. The van der Waals surface area contributed by atoms with E-state index < -0.39 is 23.8 Å². The first-order valence-electron chi connectivity index (χ1n) is 4.45. The maximum absolute atomic E-state index is 11.4. The summed E-state index contributed by atoms with van der Waals surface area (Å²) in [5, 5.41) is 0. The van der Waals surface area contributed by atoms with Gasteiger partial charge in [-0.15, -0.1) is 0 Å². The summed E-state index contributed by atoms with van der Waals surface area (Å²) in [5.74, 6) is -0.175. The summed E-state index contributed by atoms with van der Waals surface area (Å²) in [6.45, 7) is 0. The molecule has 0 unspecified atom stereocenters. The molecule has 1 aliphatic rings. The molecule has 0 saturated heterocycles. The first-order valence-corrected chi connectivity index (χ1v) is 8.37. The molecule has 0 aromatic rings. The van der Waals surface area contributed by atoms with Gasteiger partial charge >= 0.3 is 0 Å². The number of sulfonamides is 1. The molecule has 0 N–H and O–H groups in total. The van der Waals surface area contributed by atoms with Crippen molar-refractivity contribution in [2.45, 2.75) is 24.0 Å². The fourth-order valence-corrected chi connectivity index (χ4v) is 4.03. The molecule has 1 saturated carbocycles. The Balaban J connectivity index is 2.68. The highest BCUT2D eigenvalue weighted by molar-refractivity contribution is 8.15. The number of hydrogen-bond donors (Lipinski definition) is 0. The van der Waals surface area contributed by atoms with Crippen LogP contribution in [0.2, 0.25) is 0 Å². The Morgan fingerprint density at radius 2 is 1.67 bits per heavy atom. The number of rotatable bonds is 5. The Hall–Kier alpha value is 0.150. The lowest BCUT2D eigenvalue weighted by Crippen LogP contribution is -2.29. The number of halogens is 1. The highest BCUT2D eigenvalue weighted by atomic mass is 35.7. The Labute approximate surface area is 94.9 Å². The third-order valence-corrected chi connectivity index (χ3v) is 7.16. The van der Waals surface area contributed by atoms with E-state index in [9.17, 15) is 16.8 Å². The Morgan fingerprint density at radius 1 is 1.20 bits per heavy atom. The molecule has 1 rings (SSSR count). The Bertz CT molecular complexity index is 436. The van der Waals surface area contributed by atoms with Crippen LogP contribution in [-0.2, 0) is 19.1 Å². The highest BCUT2D eigenvalue weighted by Crippen LogP contribution is 2.48. The molecule has 0 heterocycles. The van der Waals surface area contributed by atoms with Crippen LogP contribution in [0.1, 0.15) is 19.3 Å². The summed E-state index contributed by atoms with van der Waals surface area (Å²) in [7, 11) is 1.11. The van der Waals surface area contributed by atoms with E-state index in [4.69, 9.17) is 10.7 Å². The van der Waals surface area contributed by atoms with Gasteiger partial charge in [-0.3, -0.25) is 0 Å². The largest absolute Gasteiger partial charge is 0.238 e. The molecule has 1 fully saturated rings. The fraction of sp³-hybridized carbons (Fsp3) is 1.00. The van der Waals surface area contributed by atoms with Gasteiger partial charge in [0.1, 0.15) is 0 Å². The van der Waals surface area contributed by atoms with Gasteiger partial charge in [0, 0.05) is 24.8 Å². The average molecular weight is 276 g/mol. The minimum atomic E-state index is -3.65. The second kappa shape index (κ2) is 3.87. The zero-order valence-electron chi connectivity index (χ0n) is 8.60. The van der Waals surface area contributed by atoms with Crippen LogP contribution in [0.4, 0.5) is 0 Å². The summed E-state index contributed by atoms with van der Waals surface area (Å²) in [6.07, 6.45) is 1.00. The third kappa shape index (κ3) is 2.83. The van der Waals surface area contributed by atoms with Crippen LogP contribution >= 0.6 is 10.7 Å². The fourth-order valence-electron chi connectivity index (χ4n) is 1.25. The molecule has 0 aromatic heterocycles. The van der Waals surface area contributed by atoms with Crippen LogP contribution in [0.25, 0.3) is 0 Å². The predicted molar refractivity (Wildman–Crippen MR) is 58.8 cm³/mol. The molecule has 1 aliphatic carbocycles. The molecular weight excluding hydrogens is 262 g/mol. The monoisotopic (exact) mass is 275 g/mol. The Kier molecular flexibility index (Phi) is 3.41. The van der Waals surface area contributed by atoms with Gasteiger partial charge in [-0.25, -0.2) is 21.1 Å². The summed E-state index contributed by atoms with van der Waals surface area (Å²) in [4.78, 5) is 0. The van der Waals surface area contributed by atoms with Crippen molar-refractivity contribution in [3.8, 4) is 0 Å². The standard InChI is InChI=1S/C7H14ClNO4S2/c1-9(2)14(10,11)6-5-7(3-4-7)15(8,12)13/h3-6H2,1-2H3. The van der Waals surface area contributed by atoms with Crippen molar-refractivity contribution in [1.82, 2.24) is 4.31 Å². The average Bonchev–Trinajstić information content (AvgIpc) is 2.79. The van der Waals surface area contributed by atoms with Gasteiger partial charge in [0.05, 0.1) is 10.5 Å². The molecule has 0 atom stereocenters. The van der Waals surface area contributed by atoms with Crippen LogP contribution in [-0.4, -0.2) is 45.7 Å². The van der Waals surface area contributed by atoms with Crippen LogP contribution in [0.5, 0.6) is 0 Å². The van der Waals surface area contributed by atoms with Gasteiger partial charge in [0.15, 0.2) is 0 Å². The summed E-state index contributed by atoms with van der Waals surface area (Å²) >= 11 is 0. The molecule has 5 nitrogen and oxygen atoms in total. The summed E-state index contributed by atoms with van der Waals surface area (Å²) in [6, 6.07) is 0. The Morgan fingerprint density at radius 3 is 1.93 bits per heavy atom. The van der Waals surface area contributed by atoms with Crippen molar-refractivity contribution in [1.29, 1.82) is 0 Å². The van der Waals surface area contributed by atoms with Crippen LogP contribution < -0.4 is 0 Å². The van der Waals surface area contributed by atoms with Crippen LogP contribution in [0.3, 0.4) is 0 Å². The molecule has 0 bridgehead atoms. The van der Waals surface area contributed by atoms with E-state index in [0.717, 1.165) is 4.31 Å². The SMILES string of the molecule is CN(C)S(=O)(=O)CCC1(S(=O)(=O)Cl)CC1. The summed E-state index contributed by atoms with van der Waals surface area (Å²) < 4.78 is 45.3. The first kappa shape index (κ1) is 13.2. The van der Waals surface area contributed by atoms with Gasteiger partial charge < -0.3 is 0 Å². The lowest BCUT2D eigenvalue weighted by Gasteiger charge is -2.14. The first-order chi connectivity index (χ1) is 6.61. The molecule has 15 heavy (non-hydrogen) atoms. The van der Waals surface area contributed by atoms with Gasteiger partial charge in [-0.05, 0) is 19.3 Å². The molecule has 8 heteroatoms. The molecule has 0 radical (unpaired) electrons. The maximum atomic E-state index is 11.4. The van der Waals surface area contributed by atoms with Crippen molar-refractivity contribution in [2.24, 2.45) is 0 Å². The lowest BCUT2D eigenvalue weighted by atomic mass is 10.3. The molecule has 0 amide bonds. The van der Waals surface area contributed by atoms with Gasteiger partial charge in [-0.1, -0.05) is 0 Å². The van der Waals surface area contributed by atoms with E-state index in [1.54, 1.807) is 0 Å². The normalized spacial score (nSPS) is 20.5. The molecule has 0 aliphatic heterocycles.